The van der Waals surface area contributed by atoms with Gasteiger partial charge in [-0.25, -0.2) is 4.39 Å². The van der Waals surface area contributed by atoms with E-state index in [2.05, 4.69) is 5.32 Å². The number of anilines is 1. The first kappa shape index (κ1) is 26.0. The largest absolute Gasteiger partial charge is 0.419 e. The van der Waals surface area contributed by atoms with Crippen molar-refractivity contribution in [1.29, 1.82) is 0 Å². The summed E-state index contributed by atoms with van der Waals surface area (Å²) in [5, 5.41) is 3.33. The third-order valence-corrected chi connectivity index (χ3v) is 6.67. The number of hydrogen-bond donors (Lipinski definition) is 1. The third kappa shape index (κ3) is 5.34. The molecule has 0 radical (unpaired) electrons. The molecule has 0 spiro atoms. The Kier molecular flexibility index (Phi) is 7.29. The van der Waals surface area contributed by atoms with Gasteiger partial charge in [-0.3, -0.25) is 9.59 Å². The van der Waals surface area contributed by atoms with E-state index in [1.807, 2.05) is 19.1 Å². The zero-order valence-electron chi connectivity index (χ0n) is 19.0. The topological polar surface area (TPSA) is 49.4 Å². The minimum absolute atomic E-state index is 0.119. The Morgan fingerprint density at radius 2 is 1.75 bits per heavy atom. The molecule has 0 fully saturated rings. The predicted molar refractivity (Wildman–Crippen MR) is 130 cm³/mol. The third-order valence-electron chi connectivity index (χ3n) is 6.04. The van der Waals surface area contributed by atoms with E-state index in [0.29, 0.717) is 24.7 Å². The highest BCUT2D eigenvalue weighted by Crippen LogP contribution is 2.33. The van der Waals surface area contributed by atoms with Crippen LogP contribution in [0.1, 0.15) is 38.2 Å². The van der Waals surface area contributed by atoms with Gasteiger partial charge >= 0.3 is 6.18 Å². The molecule has 0 atom stereocenters. The molecule has 4 rings (SSSR count). The maximum absolute atomic E-state index is 13.9. The van der Waals surface area contributed by atoms with Gasteiger partial charge in [0.15, 0.2) is 0 Å². The molecule has 0 saturated carbocycles. The number of carbonyl (C=O) groups excluding carboxylic acids is 2. The number of aryl methyl sites for hydroxylation is 1. The van der Waals surface area contributed by atoms with Crippen LogP contribution in [0.15, 0.2) is 48.5 Å². The van der Waals surface area contributed by atoms with E-state index in [1.165, 1.54) is 0 Å². The van der Waals surface area contributed by atoms with Gasteiger partial charge in [-0.15, -0.1) is 0 Å². The molecule has 0 aliphatic carbocycles. The highest BCUT2D eigenvalue weighted by Gasteiger charge is 2.34. The minimum Gasteiger partial charge on any atom is -0.334 e. The number of fused-ring (bicyclic) bond motifs is 1. The smallest absolute Gasteiger partial charge is 0.334 e. The predicted octanol–water partition coefficient (Wildman–Crippen LogP) is 6.84. The fourth-order valence-corrected chi connectivity index (χ4v) is 4.81. The van der Waals surface area contributed by atoms with Crippen molar-refractivity contribution in [3.05, 3.63) is 97.8 Å². The summed E-state index contributed by atoms with van der Waals surface area (Å²) in [6.07, 6.45) is -4.65. The fourth-order valence-electron chi connectivity index (χ4n) is 4.25. The molecule has 36 heavy (non-hydrogen) atoms. The lowest BCUT2D eigenvalue weighted by Gasteiger charge is -2.31. The summed E-state index contributed by atoms with van der Waals surface area (Å²) in [5.41, 5.74) is 2.03. The Morgan fingerprint density at radius 1 is 1.06 bits per heavy atom. The zero-order chi connectivity index (χ0) is 26.2. The van der Waals surface area contributed by atoms with Crippen molar-refractivity contribution < 1.29 is 27.2 Å². The summed E-state index contributed by atoms with van der Waals surface area (Å²) in [4.78, 5) is 27.4. The molecule has 0 unspecified atom stereocenters. The normalized spacial score (nSPS) is 13.4. The fraction of sp³-hybridized carbons (Fsp3) is 0.231. The number of benzene rings is 3. The van der Waals surface area contributed by atoms with Crippen LogP contribution in [-0.4, -0.2) is 23.3 Å². The van der Waals surface area contributed by atoms with Gasteiger partial charge in [0.05, 0.1) is 27.6 Å². The number of nitrogens with one attached hydrogen (secondary N) is 1. The van der Waals surface area contributed by atoms with Crippen molar-refractivity contribution in [3.8, 4) is 0 Å². The van der Waals surface area contributed by atoms with Crippen LogP contribution in [-0.2, 0) is 30.4 Å². The van der Waals surface area contributed by atoms with Crippen molar-refractivity contribution in [2.75, 3.05) is 11.9 Å². The average Bonchev–Trinajstić information content (AvgIpc) is 2.79. The summed E-state index contributed by atoms with van der Waals surface area (Å²) < 4.78 is 52.3. The van der Waals surface area contributed by atoms with E-state index < -0.39 is 23.5 Å². The Labute approximate surface area is 214 Å². The van der Waals surface area contributed by atoms with E-state index in [0.717, 1.165) is 28.8 Å². The van der Waals surface area contributed by atoms with Gasteiger partial charge in [-0.05, 0) is 59.9 Å². The van der Waals surface area contributed by atoms with Crippen molar-refractivity contribution in [3.63, 3.8) is 0 Å². The van der Waals surface area contributed by atoms with Crippen LogP contribution in [0, 0.1) is 12.7 Å². The Morgan fingerprint density at radius 3 is 2.39 bits per heavy atom. The van der Waals surface area contributed by atoms with Crippen molar-refractivity contribution >= 4 is 40.7 Å². The number of amides is 2. The van der Waals surface area contributed by atoms with E-state index in [1.54, 1.807) is 23.1 Å². The van der Waals surface area contributed by atoms with Gasteiger partial charge in [0.1, 0.15) is 5.82 Å². The van der Waals surface area contributed by atoms with E-state index in [-0.39, 0.29) is 40.0 Å². The van der Waals surface area contributed by atoms with Gasteiger partial charge in [0.25, 0.3) is 5.91 Å². The highest BCUT2D eigenvalue weighted by atomic mass is 35.5. The number of hydrogen-bond acceptors (Lipinski definition) is 2. The summed E-state index contributed by atoms with van der Waals surface area (Å²) in [6, 6.07) is 11.0. The second-order valence-electron chi connectivity index (χ2n) is 8.51. The molecular formula is C26H20Cl2F4N2O2. The standard InChI is InChI=1S/C26H20Cl2F4N2O2/c1-14-5-7-16-13-34(25(36)23-19(27)3-2-4-20(23)28)10-9-17(16)24(14)33-22(35)12-15-6-8-18(21(29)11-15)26(30,31)32/h2-8,11H,9-10,12-13H2,1H3,(H,33,35). The van der Waals surface area contributed by atoms with Crippen LogP contribution in [0.5, 0.6) is 0 Å². The summed E-state index contributed by atoms with van der Waals surface area (Å²) >= 11 is 12.4. The quantitative estimate of drug-likeness (QED) is 0.369. The Hall–Kier alpha value is -3.10. The van der Waals surface area contributed by atoms with Gasteiger partial charge in [-0.2, -0.15) is 13.2 Å². The van der Waals surface area contributed by atoms with Crippen LogP contribution in [0.3, 0.4) is 0 Å². The molecule has 2 amide bonds. The van der Waals surface area contributed by atoms with Gasteiger partial charge in [0.2, 0.25) is 5.91 Å². The van der Waals surface area contributed by atoms with Crippen LogP contribution >= 0.6 is 23.2 Å². The number of alkyl halides is 3. The molecule has 1 aliphatic heterocycles. The van der Waals surface area contributed by atoms with E-state index in [4.69, 9.17) is 23.2 Å². The lowest BCUT2D eigenvalue weighted by Crippen LogP contribution is -2.36. The molecule has 0 aromatic heterocycles. The second kappa shape index (κ2) is 10.1. The average molecular weight is 539 g/mol. The minimum atomic E-state index is -4.81. The molecule has 0 saturated heterocycles. The molecule has 3 aromatic carbocycles. The van der Waals surface area contributed by atoms with E-state index >= 15 is 0 Å². The first-order valence-electron chi connectivity index (χ1n) is 11.0. The number of rotatable bonds is 4. The van der Waals surface area contributed by atoms with Crippen molar-refractivity contribution in [2.24, 2.45) is 0 Å². The maximum Gasteiger partial charge on any atom is 0.419 e. The van der Waals surface area contributed by atoms with Crippen LogP contribution in [0.2, 0.25) is 10.0 Å². The SMILES string of the molecule is Cc1ccc2c(c1NC(=O)Cc1ccc(C(F)(F)F)c(F)c1)CCN(C(=O)c1c(Cl)cccc1Cl)C2. The first-order chi connectivity index (χ1) is 17.0. The lowest BCUT2D eigenvalue weighted by molar-refractivity contribution is -0.140. The number of carbonyl (C=O) groups is 2. The van der Waals surface area contributed by atoms with Crippen molar-refractivity contribution in [2.45, 2.75) is 32.5 Å². The molecule has 3 aromatic rings. The van der Waals surface area contributed by atoms with Crippen LogP contribution < -0.4 is 5.32 Å². The lowest BCUT2D eigenvalue weighted by atomic mass is 9.94. The highest BCUT2D eigenvalue weighted by molar-refractivity contribution is 6.39. The van der Waals surface area contributed by atoms with Gasteiger partial charge < -0.3 is 10.2 Å². The molecular weight excluding hydrogens is 519 g/mol. The first-order valence-corrected chi connectivity index (χ1v) is 11.7. The molecule has 1 N–H and O–H groups in total. The summed E-state index contributed by atoms with van der Waals surface area (Å²) in [5.74, 6) is -2.22. The van der Waals surface area contributed by atoms with Crippen LogP contribution in [0.4, 0.5) is 23.2 Å². The summed E-state index contributed by atoms with van der Waals surface area (Å²) in [6.45, 7) is 2.46. The molecule has 4 nitrogen and oxygen atoms in total. The van der Waals surface area contributed by atoms with Crippen molar-refractivity contribution in [1.82, 2.24) is 4.90 Å². The van der Waals surface area contributed by atoms with Crippen LogP contribution in [0.25, 0.3) is 0 Å². The molecule has 0 bridgehead atoms. The van der Waals surface area contributed by atoms with E-state index in [9.17, 15) is 27.2 Å². The molecule has 188 valence electrons. The van der Waals surface area contributed by atoms with Gasteiger partial charge in [0, 0.05) is 18.8 Å². The monoisotopic (exact) mass is 538 g/mol. The number of halogens is 6. The Balaban J connectivity index is 1.51. The zero-order valence-corrected chi connectivity index (χ0v) is 20.5. The molecule has 10 heteroatoms. The molecule has 1 heterocycles. The maximum atomic E-state index is 13.9. The molecule has 1 aliphatic rings. The number of nitrogens with zero attached hydrogens (tertiary/aromatic N) is 1. The Bertz CT molecular complexity index is 1340. The second-order valence-corrected chi connectivity index (χ2v) is 9.32. The summed E-state index contributed by atoms with van der Waals surface area (Å²) in [7, 11) is 0. The van der Waals surface area contributed by atoms with Gasteiger partial charge in [-0.1, -0.05) is 47.5 Å².